The van der Waals surface area contributed by atoms with Crippen LogP contribution in [0.3, 0.4) is 0 Å². The number of hydrogen-bond donors (Lipinski definition) is 1. The molecule has 4 rings (SSSR count). The van der Waals surface area contributed by atoms with E-state index in [2.05, 4.69) is 19.6 Å². The van der Waals surface area contributed by atoms with E-state index in [1.807, 2.05) is 4.90 Å². The predicted molar refractivity (Wildman–Crippen MR) is 81.7 cm³/mol. The Labute approximate surface area is 128 Å². The summed E-state index contributed by atoms with van der Waals surface area (Å²) in [5.74, 6) is 1.85. The van der Waals surface area contributed by atoms with Crippen molar-refractivity contribution in [3.8, 4) is 0 Å². The van der Waals surface area contributed by atoms with Crippen LogP contribution in [0, 0.1) is 0 Å². The molecule has 0 aromatic carbocycles. The van der Waals surface area contributed by atoms with Gasteiger partial charge in [0.15, 0.2) is 0 Å². The van der Waals surface area contributed by atoms with Crippen molar-refractivity contribution in [2.24, 2.45) is 0 Å². The number of anilines is 1. The van der Waals surface area contributed by atoms with Gasteiger partial charge in [0.1, 0.15) is 11.9 Å². The number of hydrogen-bond acceptors (Lipinski definition) is 6. The molecule has 114 valence electrons. The Bertz CT molecular complexity index is 523. The van der Waals surface area contributed by atoms with Crippen LogP contribution in [0.1, 0.15) is 37.4 Å². The van der Waals surface area contributed by atoms with Gasteiger partial charge in [-0.15, -0.1) is 0 Å². The topological polar surface area (TPSA) is 61.4 Å². The van der Waals surface area contributed by atoms with Gasteiger partial charge in [0.2, 0.25) is 11.0 Å². The van der Waals surface area contributed by atoms with Crippen molar-refractivity contribution in [1.82, 2.24) is 19.6 Å². The Morgan fingerprint density at radius 1 is 1.19 bits per heavy atom. The van der Waals surface area contributed by atoms with Crippen LogP contribution in [0.2, 0.25) is 0 Å². The minimum Gasteiger partial charge on any atom is -0.338 e. The van der Waals surface area contributed by atoms with Crippen LogP contribution in [0.15, 0.2) is 0 Å². The third kappa shape index (κ3) is 2.64. The molecule has 1 amide bonds. The number of amides is 1. The quantitative estimate of drug-likeness (QED) is 0.896. The molecule has 2 saturated heterocycles. The van der Waals surface area contributed by atoms with Gasteiger partial charge < -0.3 is 15.1 Å². The number of aromatic nitrogens is 2. The van der Waals surface area contributed by atoms with Gasteiger partial charge in [0.05, 0.1) is 0 Å². The maximum Gasteiger partial charge on any atom is 0.245 e. The first-order valence-corrected chi connectivity index (χ1v) is 8.70. The van der Waals surface area contributed by atoms with E-state index in [9.17, 15) is 4.79 Å². The number of piperazine rings is 1. The zero-order valence-electron chi connectivity index (χ0n) is 12.1. The lowest BCUT2D eigenvalue weighted by Gasteiger charge is -2.32. The van der Waals surface area contributed by atoms with Crippen molar-refractivity contribution in [3.63, 3.8) is 0 Å². The van der Waals surface area contributed by atoms with Gasteiger partial charge in [-0.3, -0.25) is 4.79 Å². The smallest absolute Gasteiger partial charge is 0.245 e. The monoisotopic (exact) mass is 307 g/mol. The molecule has 0 spiro atoms. The lowest BCUT2D eigenvalue weighted by Crippen LogP contribution is -2.52. The highest BCUT2D eigenvalue weighted by Crippen LogP contribution is 2.40. The first-order valence-electron chi connectivity index (χ1n) is 7.92. The first-order chi connectivity index (χ1) is 10.3. The third-order valence-electron chi connectivity index (χ3n) is 4.59. The Morgan fingerprint density at radius 2 is 2.00 bits per heavy atom. The van der Waals surface area contributed by atoms with Gasteiger partial charge in [-0.1, -0.05) is 0 Å². The largest absolute Gasteiger partial charge is 0.338 e. The predicted octanol–water partition coefficient (Wildman–Crippen LogP) is 0.816. The van der Waals surface area contributed by atoms with E-state index in [4.69, 9.17) is 0 Å². The van der Waals surface area contributed by atoms with Crippen LogP contribution in [0.25, 0.3) is 0 Å². The summed E-state index contributed by atoms with van der Waals surface area (Å²) in [4.78, 5) is 21.6. The molecule has 21 heavy (non-hydrogen) atoms. The van der Waals surface area contributed by atoms with E-state index in [1.54, 1.807) is 0 Å². The highest BCUT2D eigenvalue weighted by Gasteiger charge is 2.37. The second-order valence-corrected chi connectivity index (χ2v) is 6.87. The van der Waals surface area contributed by atoms with Crippen molar-refractivity contribution in [1.29, 1.82) is 0 Å². The zero-order chi connectivity index (χ0) is 14.2. The Hall–Kier alpha value is -1.21. The molecule has 1 N–H and O–H groups in total. The van der Waals surface area contributed by atoms with Crippen LogP contribution in [-0.2, 0) is 4.79 Å². The van der Waals surface area contributed by atoms with E-state index in [0.29, 0.717) is 5.92 Å². The summed E-state index contributed by atoms with van der Waals surface area (Å²) in [6.45, 7) is 4.40. The van der Waals surface area contributed by atoms with Gasteiger partial charge in [-0.25, -0.2) is 4.98 Å². The van der Waals surface area contributed by atoms with Crippen molar-refractivity contribution >= 4 is 22.6 Å². The van der Waals surface area contributed by atoms with E-state index in [-0.39, 0.29) is 11.9 Å². The molecule has 1 saturated carbocycles. The van der Waals surface area contributed by atoms with Gasteiger partial charge in [-0.2, -0.15) is 4.37 Å². The molecule has 1 atom stereocenters. The molecule has 1 unspecified atom stereocenters. The molecule has 1 aromatic heterocycles. The summed E-state index contributed by atoms with van der Waals surface area (Å²) < 4.78 is 4.48. The highest BCUT2D eigenvalue weighted by atomic mass is 32.1. The van der Waals surface area contributed by atoms with Crippen LogP contribution in [-0.4, -0.2) is 58.9 Å². The molecule has 3 fully saturated rings. The fourth-order valence-electron chi connectivity index (χ4n) is 3.20. The number of carbonyl (C=O) groups excluding carboxylic acids is 1. The average Bonchev–Trinajstić information content (AvgIpc) is 3.07. The lowest BCUT2D eigenvalue weighted by atomic mass is 10.2. The van der Waals surface area contributed by atoms with Gasteiger partial charge >= 0.3 is 0 Å². The summed E-state index contributed by atoms with van der Waals surface area (Å²) in [7, 11) is 0. The maximum absolute atomic E-state index is 12.8. The Kier molecular flexibility index (Phi) is 3.54. The SMILES string of the molecule is O=C(C1CCCN1c1nc(C2CC2)ns1)N1CCNCC1. The number of nitrogens with zero attached hydrogens (tertiary/aromatic N) is 4. The average molecular weight is 307 g/mol. The second kappa shape index (κ2) is 5.53. The molecule has 3 heterocycles. The Balaban J connectivity index is 1.49. The summed E-state index contributed by atoms with van der Waals surface area (Å²) in [5, 5.41) is 4.25. The summed E-state index contributed by atoms with van der Waals surface area (Å²) in [5.41, 5.74) is 0. The van der Waals surface area contributed by atoms with Crippen molar-refractivity contribution in [2.45, 2.75) is 37.6 Å². The van der Waals surface area contributed by atoms with Crippen LogP contribution < -0.4 is 10.2 Å². The molecule has 3 aliphatic rings. The minimum absolute atomic E-state index is 0.0249. The summed E-state index contributed by atoms with van der Waals surface area (Å²) in [6.07, 6.45) is 4.46. The highest BCUT2D eigenvalue weighted by molar-refractivity contribution is 7.09. The minimum atomic E-state index is -0.0249. The summed E-state index contributed by atoms with van der Waals surface area (Å²) in [6, 6.07) is -0.0249. The zero-order valence-corrected chi connectivity index (χ0v) is 12.9. The number of nitrogens with one attached hydrogen (secondary N) is 1. The Morgan fingerprint density at radius 3 is 2.76 bits per heavy atom. The molecule has 6 nitrogen and oxygen atoms in total. The standard InChI is InChI=1S/C14H21N5OS/c20-13(18-8-5-15-6-9-18)11-2-1-7-19(11)14-16-12(17-21-14)10-3-4-10/h10-11,15H,1-9H2. The van der Waals surface area contributed by atoms with Crippen LogP contribution >= 0.6 is 11.5 Å². The molecular weight excluding hydrogens is 286 g/mol. The van der Waals surface area contributed by atoms with Crippen molar-refractivity contribution in [2.75, 3.05) is 37.6 Å². The molecule has 1 aromatic rings. The maximum atomic E-state index is 12.8. The van der Waals surface area contributed by atoms with Crippen molar-refractivity contribution in [3.05, 3.63) is 5.82 Å². The fourth-order valence-corrected chi connectivity index (χ4v) is 4.02. The second-order valence-electron chi connectivity index (χ2n) is 6.14. The van der Waals surface area contributed by atoms with Crippen LogP contribution in [0.5, 0.6) is 0 Å². The first kappa shape index (κ1) is 13.5. The van der Waals surface area contributed by atoms with E-state index in [1.165, 1.54) is 24.4 Å². The van der Waals surface area contributed by atoms with E-state index < -0.39 is 0 Å². The summed E-state index contributed by atoms with van der Waals surface area (Å²) >= 11 is 1.46. The molecule has 7 heteroatoms. The van der Waals surface area contributed by atoms with Gasteiger partial charge in [0, 0.05) is 50.2 Å². The third-order valence-corrected chi connectivity index (χ3v) is 5.35. The molecule has 0 radical (unpaired) electrons. The number of rotatable bonds is 3. The van der Waals surface area contributed by atoms with Crippen LogP contribution in [0.4, 0.5) is 5.13 Å². The van der Waals surface area contributed by atoms with E-state index in [0.717, 1.165) is 56.5 Å². The number of carbonyl (C=O) groups is 1. The molecule has 2 aliphatic heterocycles. The van der Waals surface area contributed by atoms with Gasteiger partial charge in [-0.05, 0) is 25.7 Å². The molecule has 0 bridgehead atoms. The fraction of sp³-hybridized carbons (Fsp3) is 0.786. The molecular formula is C14H21N5OS. The van der Waals surface area contributed by atoms with Crippen molar-refractivity contribution < 1.29 is 4.79 Å². The normalized spacial score (nSPS) is 26.4. The lowest BCUT2D eigenvalue weighted by molar-refractivity contribution is -0.132. The van der Waals surface area contributed by atoms with Gasteiger partial charge in [0.25, 0.3) is 0 Å². The molecule has 1 aliphatic carbocycles. The van der Waals surface area contributed by atoms with E-state index >= 15 is 0 Å².